The van der Waals surface area contributed by atoms with Crippen molar-refractivity contribution >= 4 is 46.3 Å². The van der Waals surface area contributed by atoms with Crippen molar-refractivity contribution in [1.82, 2.24) is 25.1 Å². The number of hydrogen-bond donors (Lipinski definition) is 1. The Kier molecular flexibility index (Phi) is 7.34. The summed E-state index contributed by atoms with van der Waals surface area (Å²) >= 11 is 3.22. The van der Waals surface area contributed by atoms with Gasteiger partial charge >= 0.3 is 0 Å². The SMILES string of the molecule is CCSc1ccccc1C(=O)NCCn1ncc2c(N3CCCCC3)nc(SC)nc21. The number of hydrogen-bond acceptors (Lipinski definition) is 7. The smallest absolute Gasteiger partial charge is 0.252 e. The molecule has 7 nitrogen and oxygen atoms in total. The molecule has 0 spiro atoms. The molecule has 2 aromatic heterocycles. The Morgan fingerprint density at radius 3 is 2.74 bits per heavy atom. The summed E-state index contributed by atoms with van der Waals surface area (Å²) in [5.74, 6) is 1.86. The van der Waals surface area contributed by atoms with Gasteiger partial charge in [-0.1, -0.05) is 30.8 Å². The van der Waals surface area contributed by atoms with Crippen LogP contribution in [0.4, 0.5) is 5.82 Å². The molecule has 1 N–H and O–H groups in total. The molecule has 0 aliphatic carbocycles. The van der Waals surface area contributed by atoms with Crippen LogP contribution in [-0.4, -0.2) is 57.3 Å². The van der Waals surface area contributed by atoms with E-state index in [9.17, 15) is 4.79 Å². The van der Waals surface area contributed by atoms with Crippen molar-refractivity contribution < 1.29 is 4.79 Å². The fraction of sp³-hybridized carbons (Fsp3) is 0.455. The van der Waals surface area contributed by atoms with Gasteiger partial charge < -0.3 is 10.2 Å². The highest BCUT2D eigenvalue weighted by Crippen LogP contribution is 2.28. The minimum Gasteiger partial charge on any atom is -0.356 e. The van der Waals surface area contributed by atoms with E-state index in [1.54, 1.807) is 23.5 Å². The zero-order chi connectivity index (χ0) is 21.6. The largest absolute Gasteiger partial charge is 0.356 e. The fourth-order valence-electron chi connectivity index (χ4n) is 3.83. The molecule has 0 unspecified atom stereocenters. The number of benzene rings is 1. The lowest BCUT2D eigenvalue weighted by atomic mass is 10.1. The van der Waals surface area contributed by atoms with Crippen LogP contribution in [-0.2, 0) is 6.54 Å². The van der Waals surface area contributed by atoms with Crippen molar-refractivity contribution in [3.8, 4) is 0 Å². The Hall–Kier alpha value is -2.26. The minimum absolute atomic E-state index is 0.0542. The average Bonchev–Trinajstić information content (AvgIpc) is 3.22. The van der Waals surface area contributed by atoms with E-state index in [0.717, 1.165) is 51.3 Å². The third-order valence-electron chi connectivity index (χ3n) is 5.33. The van der Waals surface area contributed by atoms with Gasteiger partial charge in [0.1, 0.15) is 5.82 Å². The first-order chi connectivity index (χ1) is 15.2. The van der Waals surface area contributed by atoms with Crippen molar-refractivity contribution in [2.24, 2.45) is 0 Å². The van der Waals surface area contributed by atoms with Crippen molar-refractivity contribution in [3.63, 3.8) is 0 Å². The molecule has 1 amide bonds. The molecule has 0 saturated carbocycles. The number of nitrogens with one attached hydrogen (secondary N) is 1. The van der Waals surface area contributed by atoms with Crippen molar-refractivity contribution in [3.05, 3.63) is 36.0 Å². The highest BCUT2D eigenvalue weighted by atomic mass is 32.2. The molecule has 0 atom stereocenters. The molecule has 1 aliphatic rings. The van der Waals surface area contributed by atoms with Crippen LogP contribution in [0.3, 0.4) is 0 Å². The number of nitrogens with zero attached hydrogens (tertiary/aromatic N) is 5. The normalized spacial score (nSPS) is 14.2. The van der Waals surface area contributed by atoms with E-state index in [2.05, 4.69) is 22.2 Å². The molecule has 4 rings (SSSR count). The van der Waals surface area contributed by atoms with E-state index < -0.39 is 0 Å². The Morgan fingerprint density at radius 2 is 1.97 bits per heavy atom. The number of carbonyl (C=O) groups excluding carboxylic acids is 1. The van der Waals surface area contributed by atoms with Crippen molar-refractivity contribution in [1.29, 1.82) is 0 Å². The lowest BCUT2D eigenvalue weighted by molar-refractivity contribution is 0.0949. The molecule has 9 heteroatoms. The van der Waals surface area contributed by atoms with Gasteiger partial charge in [0.15, 0.2) is 10.8 Å². The molecule has 31 heavy (non-hydrogen) atoms. The molecule has 1 saturated heterocycles. The van der Waals surface area contributed by atoms with Gasteiger partial charge in [-0.3, -0.25) is 4.79 Å². The van der Waals surface area contributed by atoms with Gasteiger partial charge in [-0.25, -0.2) is 14.6 Å². The zero-order valence-corrected chi connectivity index (χ0v) is 19.6. The second-order valence-electron chi connectivity index (χ2n) is 7.37. The summed E-state index contributed by atoms with van der Waals surface area (Å²) < 4.78 is 1.87. The summed E-state index contributed by atoms with van der Waals surface area (Å²) in [7, 11) is 0. The average molecular weight is 457 g/mol. The number of aromatic nitrogens is 4. The third kappa shape index (κ3) is 4.98. The number of carbonyl (C=O) groups is 1. The van der Waals surface area contributed by atoms with Crippen LogP contribution >= 0.6 is 23.5 Å². The molecule has 3 aromatic rings. The number of anilines is 1. The second kappa shape index (κ2) is 10.4. The molecule has 164 valence electrons. The maximum Gasteiger partial charge on any atom is 0.252 e. The second-order valence-corrected chi connectivity index (χ2v) is 9.45. The maximum atomic E-state index is 12.7. The summed E-state index contributed by atoms with van der Waals surface area (Å²) in [6.45, 7) is 5.18. The van der Waals surface area contributed by atoms with Crippen LogP contribution in [0, 0.1) is 0 Å². The highest BCUT2D eigenvalue weighted by molar-refractivity contribution is 7.99. The van der Waals surface area contributed by atoms with E-state index in [1.165, 1.54) is 19.3 Å². The third-order valence-corrected chi connectivity index (χ3v) is 6.84. The number of piperidine rings is 1. The topological polar surface area (TPSA) is 75.9 Å². The number of thioether (sulfide) groups is 2. The number of rotatable bonds is 8. The van der Waals surface area contributed by atoms with Crippen LogP contribution in [0.25, 0.3) is 11.0 Å². The molecular formula is C22H28N6OS2. The molecule has 0 radical (unpaired) electrons. The van der Waals surface area contributed by atoms with Gasteiger partial charge in [-0.15, -0.1) is 11.8 Å². The van der Waals surface area contributed by atoms with Gasteiger partial charge in [-0.2, -0.15) is 5.10 Å². The Labute approximate surface area is 191 Å². The van der Waals surface area contributed by atoms with Gasteiger partial charge in [0.05, 0.1) is 23.7 Å². The monoisotopic (exact) mass is 456 g/mol. The first-order valence-corrected chi connectivity index (χ1v) is 12.9. The predicted octanol–water partition coefficient (Wildman–Crippen LogP) is 4.08. The molecule has 0 bridgehead atoms. The zero-order valence-electron chi connectivity index (χ0n) is 18.0. The Morgan fingerprint density at radius 1 is 1.16 bits per heavy atom. The van der Waals surface area contributed by atoms with E-state index >= 15 is 0 Å². The summed E-state index contributed by atoms with van der Waals surface area (Å²) in [4.78, 5) is 25.6. The summed E-state index contributed by atoms with van der Waals surface area (Å²) in [5.41, 5.74) is 1.55. The predicted molar refractivity (Wildman–Crippen MR) is 128 cm³/mol. The summed E-state index contributed by atoms with van der Waals surface area (Å²) in [6, 6.07) is 7.73. The van der Waals surface area contributed by atoms with Gasteiger partial charge in [0, 0.05) is 24.5 Å². The van der Waals surface area contributed by atoms with Crippen molar-refractivity contribution in [2.45, 2.75) is 42.8 Å². The van der Waals surface area contributed by atoms with Crippen LogP contribution in [0.5, 0.6) is 0 Å². The first kappa shape index (κ1) is 22.0. The quantitative estimate of drug-likeness (QED) is 0.404. The Bertz CT molecular complexity index is 1050. The van der Waals surface area contributed by atoms with Crippen LogP contribution < -0.4 is 10.2 Å². The molecule has 1 fully saturated rings. The Balaban J connectivity index is 1.50. The minimum atomic E-state index is -0.0542. The van der Waals surface area contributed by atoms with Crippen LogP contribution in [0.15, 0.2) is 40.5 Å². The first-order valence-electron chi connectivity index (χ1n) is 10.7. The highest BCUT2D eigenvalue weighted by Gasteiger charge is 2.20. The van der Waals surface area contributed by atoms with E-state index in [0.29, 0.717) is 13.1 Å². The van der Waals surface area contributed by atoms with E-state index in [1.807, 2.05) is 41.4 Å². The number of amides is 1. The van der Waals surface area contributed by atoms with Crippen LogP contribution in [0.1, 0.15) is 36.5 Å². The van der Waals surface area contributed by atoms with E-state index in [-0.39, 0.29) is 5.91 Å². The van der Waals surface area contributed by atoms with Crippen LogP contribution in [0.2, 0.25) is 0 Å². The standard InChI is InChI=1S/C22H28N6OS2/c1-3-31-18-10-6-5-9-16(18)21(29)23-11-14-28-20-17(15-24-28)19(25-22(26-20)30-2)27-12-7-4-8-13-27/h5-6,9-10,15H,3-4,7-8,11-14H2,1-2H3,(H,23,29). The van der Waals surface area contributed by atoms with Gasteiger partial charge in [0.25, 0.3) is 5.91 Å². The molecule has 3 heterocycles. The molecule has 1 aliphatic heterocycles. The lowest BCUT2D eigenvalue weighted by Crippen LogP contribution is -2.30. The summed E-state index contributed by atoms with van der Waals surface area (Å²) in [6.07, 6.45) is 7.52. The van der Waals surface area contributed by atoms with Gasteiger partial charge in [0.2, 0.25) is 0 Å². The van der Waals surface area contributed by atoms with E-state index in [4.69, 9.17) is 9.97 Å². The summed E-state index contributed by atoms with van der Waals surface area (Å²) in [5, 5.41) is 9.34. The molecule has 1 aromatic carbocycles. The maximum absolute atomic E-state index is 12.7. The lowest BCUT2D eigenvalue weighted by Gasteiger charge is -2.28. The molecular weight excluding hydrogens is 428 g/mol. The van der Waals surface area contributed by atoms with Gasteiger partial charge in [-0.05, 0) is 43.4 Å². The van der Waals surface area contributed by atoms with Crippen molar-refractivity contribution in [2.75, 3.05) is 36.5 Å². The fourth-order valence-corrected chi connectivity index (χ4v) is 4.99. The number of fused-ring (bicyclic) bond motifs is 1.